The van der Waals surface area contributed by atoms with E-state index < -0.39 is 0 Å². The molecule has 0 saturated heterocycles. The Morgan fingerprint density at radius 3 is 2.95 bits per heavy atom. The van der Waals surface area contributed by atoms with Gasteiger partial charge in [-0.15, -0.1) is 11.3 Å². The van der Waals surface area contributed by atoms with Gasteiger partial charge in [0.1, 0.15) is 4.83 Å². The third-order valence-corrected chi connectivity index (χ3v) is 5.22. The molecule has 0 unspecified atom stereocenters. The summed E-state index contributed by atoms with van der Waals surface area (Å²) in [6, 6.07) is 2.31. The molecule has 0 atom stereocenters. The first-order chi connectivity index (χ1) is 9.52. The van der Waals surface area contributed by atoms with Gasteiger partial charge in [0.15, 0.2) is 0 Å². The van der Waals surface area contributed by atoms with E-state index in [1.165, 1.54) is 24.2 Å². The second kappa shape index (κ2) is 5.15. The lowest BCUT2D eigenvalue weighted by Crippen LogP contribution is -2.24. The summed E-state index contributed by atoms with van der Waals surface area (Å²) in [5.41, 5.74) is 0.273. The van der Waals surface area contributed by atoms with Crippen molar-refractivity contribution >= 4 is 37.5 Å². The van der Waals surface area contributed by atoms with Crippen molar-refractivity contribution in [2.24, 2.45) is 5.41 Å². The van der Waals surface area contributed by atoms with Crippen LogP contribution in [-0.4, -0.2) is 16.2 Å². The van der Waals surface area contributed by atoms with Crippen molar-refractivity contribution in [1.82, 2.24) is 9.55 Å². The third kappa shape index (κ3) is 2.63. The van der Waals surface area contributed by atoms with Crippen LogP contribution in [-0.2, 0) is 6.54 Å². The van der Waals surface area contributed by atoms with Crippen molar-refractivity contribution in [1.29, 1.82) is 0 Å². The zero-order valence-electron chi connectivity index (χ0n) is 11.6. The second-order valence-electron chi connectivity index (χ2n) is 5.72. The molecule has 108 valence electrons. The molecule has 6 heteroatoms. The van der Waals surface area contributed by atoms with E-state index in [1.807, 2.05) is 13.0 Å². The summed E-state index contributed by atoms with van der Waals surface area (Å²) >= 11 is 4.89. The maximum absolute atomic E-state index is 12.5. The number of thiophene rings is 1. The zero-order valence-corrected chi connectivity index (χ0v) is 14.0. The minimum Gasteiger partial charge on any atom is -0.464 e. The topological polar surface area (TPSA) is 44.1 Å². The summed E-state index contributed by atoms with van der Waals surface area (Å²) < 4.78 is 8.44. The van der Waals surface area contributed by atoms with E-state index in [0.29, 0.717) is 24.5 Å². The predicted octanol–water partition coefficient (Wildman–Crippen LogP) is 3.81. The first-order valence-corrected chi connectivity index (χ1v) is 8.46. The van der Waals surface area contributed by atoms with Crippen molar-refractivity contribution in [2.75, 3.05) is 6.61 Å². The Morgan fingerprint density at radius 2 is 2.30 bits per heavy atom. The number of aromatic nitrogens is 2. The zero-order chi connectivity index (χ0) is 14.3. The summed E-state index contributed by atoms with van der Waals surface area (Å²) in [4.78, 5) is 17.8. The van der Waals surface area contributed by atoms with Gasteiger partial charge in [-0.05, 0) is 41.3 Å². The molecule has 0 radical (unpaired) electrons. The SMILES string of the molecule is CCCn1c(OCC2(C)CC2)nc2sc(Br)cc2c1=O. The minimum absolute atomic E-state index is 0.00486. The molecule has 0 aromatic carbocycles. The molecule has 1 saturated carbocycles. The Bertz CT molecular complexity index is 703. The summed E-state index contributed by atoms with van der Waals surface area (Å²) in [5, 5.41) is 0.667. The Morgan fingerprint density at radius 1 is 1.55 bits per heavy atom. The average Bonchev–Trinajstić information content (AvgIpc) is 3.01. The van der Waals surface area contributed by atoms with Gasteiger partial charge in [0, 0.05) is 12.0 Å². The van der Waals surface area contributed by atoms with Crippen LogP contribution in [0.25, 0.3) is 10.2 Å². The third-order valence-electron chi connectivity index (χ3n) is 3.69. The molecular weight excluding hydrogens is 340 g/mol. The fourth-order valence-electron chi connectivity index (χ4n) is 2.10. The standard InChI is InChI=1S/C14H17BrN2O2S/c1-3-6-17-12(18)9-7-10(15)20-11(9)16-13(17)19-8-14(2)4-5-14/h7H,3-6,8H2,1-2H3. The van der Waals surface area contributed by atoms with Crippen molar-refractivity contribution < 1.29 is 4.74 Å². The highest BCUT2D eigenvalue weighted by Gasteiger charge is 2.38. The van der Waals surface area contributed by atoms with Gasteiger partial charge in [-0.3, -0.25) is 9.36 Å². The summed E-state index contributed by atoms with van der Waals surface area (Å²) in [6.45, 7) is 5.53. The van der Waals surface area contributed by atoms with Gasteiger partial charge in [-0.1, -0.05) is 13.8 Å². The van der Waals surface area contributed by atoms with Crippen LogP contribution in [0.3, 0.4) is 0 Å². The average molecular weight is 357 g/mol. The van der Waals surface area contributed by atoms with Crippen molar-refractivity contribution in [3.63, 3.8) is 0 Å². The Hall–Kier alpha value is -0.880. The number of halogens is 1. The molecular formula is C14H17BrN2O2S. The van der Waals surface area contributed by atoms with E-state index in [1.54, 1.807) is 4.57 Å². The number of rotatable bonds is 5. The quantitative estimate of drug-likeness (QED) is 0.817. The lowest BCUT2D eigenvalue weighted by atomic mass is 10.2. The van der Waals surface area contributed by atoms with Crippen LogP contribution in [0.15, 0.2) is 14.6 Å². The molecule has 0 N–H and O–H groups in total. The monoisotopic (exact) mass is 356 g/mol. The van der Waals surface area contributed by atoms with Gasteiger partial charge < -0.3 is 4.74 Å². The van der Waals surface area contributed by atoms with Crippen molar-refractivity contribution in [3.8, 4) is 6.01 Å². The lowest BCUT2D eigenvalue weighted by molar-refractivity contribution is 0.216. The van der Waals surface area contributed by atoms with Crippen molar-refractivity contribution in [3.05, 3.63) is 20.2 Å². The summed E-state index contributed by atoms with van der Waals surface area (Å²) in [6.07, 6.45) is 3.27. The normalized spacial score (nSPS) is 16.6. The molecule has 2 aromatic heterocycles. The lowest BCUT2D eigenvalue weighted by Gasteiger charge is -2.14. The number of hydrogen-bond acceptors (Lipinski definition) is 4. The number of nitrogens with zero attached hydrogens (tertiary/aromatic N) is 2. The fraction of sp³-hybridized carbons (Fsp3) is 0.571. The van der Waals surface area contributed by atoms with Crippen LogP contribution in [0.4, 0.5) is 0 Å². The molecule has 4 nitrogen and oxygen atoms in total. The van der Waals surface area contributed by atoms with E-state index >= 15 is 0 Å². The number of hydrogen-bond donors (Lipinski definition) is 0. The maximum Gasteiger partial charge on any atom is 0.300 e. The minimum atomic E-state index is -0.00486. The molecule has 0 aliphatic heterocycles. The van der Waals surface area contributed by atoms with Gasteiger partial charge in [-0.25, -0.2) is 0 Å². The summed E-state index contributed by atoms with van der Waals surface area (Å²) in [7, 11) is 0. The number of fused-ring (bicyclic) bond motifs is 1. The van der Waals surface area contributed by atoms with E-state index in [2.05, 4.69) is 27.8 Å². The Kier molecular flexibility index (Phi) is 3.62. The van der Waals surface area contributed by atoms with Crippen LogP contribution < -0.4 is 10.3 Å². The number of ether oxygens (including phenoxy) is 1. The highest BCUT2D eigenvalue weighted by atomic mass is 79.9. The van der Waals surface area contributed by atoms with Gasteiger partial charge >= 0.3 is 6.01 Å². The van der Waals surface area contributed by atoms with E-state index in [4.69, 9.17) is 4.74 Å². The van der Waals surface area contributed by atoms with Crippen LogP contribution in [0.1, 0.15) is 33.1 Å². The highest BCUT2D eigenvalue weighted by Crippen LogP contribution is 2.45. The van der Waals surface area contributed by atoms with Crippen LogP contribution >= 0.6 is 27.3 Å². The Balaban J connectivity index is 2.02. The van der Waals surface area contributed by atoms with Crippen molar-refractivity contribution in [2.45, 2.75) is 39.7 Å². The van der Waals surface area contributed by atoms with E-state index in [9.17, 15) is 4.79 Å². The molecule has 2 aromatic rings. The van der Waals surface area contributed by atoms with E-state index in [0.717, 1.165) is 15.0 Å². The van der Waals surface area contributed by atoms with Crippen LogP contribution in [0, 0.1) is 5.41 Å². The smallest absolute Gasteiger partial charge is 0.300 e. The summed E-state index contributed by atoms with van der Waals surface area (Å²) in [5.74, 6) is 0. The molecule has 0 bridgehead atoms. The molecule has 0 amide bonds. The molecule has 1 fully saturated rings. The van der Waals surface area contributed by atoms with E-state index in [-0.39, 0.29) is 11.0 Å². The molecule has 1 aliphatic carbocycles. The van der Waals surface area contributed by atoms with Gasteiger partial charge in [0.25, 0.3) is 5.56 Å². The van der Waals surface area contributed by atoms with Gasteiger partial charge in [-0.2, -0.15) is 4.98 Å². The molecule has 20 heavy (non-hydrogen) atoms. The largest absolute Gasteiger partial charge is 0.464 e. The molecule has 0 spiro atoms. The molecule has 2 heterocycles. The van der Waals surface area contributed by atoms with Gasteiger partial charge in [0.05, 0.1) is 15.8 Å². The van der Waals surface area contributed by atoms with Crippen LogP contribution in [0.5, 0.6) is 6.01 Å². The first-order valence-electron chi connectivity index (χ1n) is 6.85. The van der Waals surface area contributed by atoms with Crippen LogP contribution in [0.2, 0.25) is 0 Å². The van der Waals surface area contributed by atoms with Gasteiger partial charge in [0.2, 0.25) is 0 Å². The fourth-order valence-corrected chi connectivity index (χ4v) is 3.53. The Labute approximate surface area is 129 Å². The molecule has 1 aliphatic rings. The first kappa shape index (κ1) is 14.1. The predicted molar refractivity (Wildman–Crippen MR) is 84.7 cm³/mol. The maximum atomic E-state index is 12.5. The highest BCUT2D eigenvalue weighted by molar-refractivity contribution is 9.11. The second-order valence-corrected chi connectivity index (χ2v) is 8.13. The molecule has 3 rings (SSSR count).